The van der Waals surface area contributed by atoms with Crippen molar-refractivity contribution in [2.24, 2.45) is 0 Å². The van der Waals surface area contributed by atoms with Crippen LogP contribution in [0.2, 0.25) is 0 Å². The van der Waals surface area contributed by atoms with Gasteiger partial charge in [-0.3, -0.25) is 4.79 Å². The number of hydrogen-bond donors (Lipinski definition) is 1. The fraction of sp³-hybridized carbons (Fsp3) is 0.273. The molecule has 0 fully saturated rings. The Morgan fingerprint density at radius 3 is 2.87 bits per heavy atom. The second-order valence-electron chi connectivity index (χ2n) is 3.37. The Kier molecular flexibility index (Phi) is 2.77. The van der Waals surface area contributed by atoms with Gasteiger partial charge in [-0.2, -0.15) is 12.6 Å². The molecule has 3 nitrogen and oxygen atoms in total. The van der Waals surface area contributed by atoms with Crippen LogP contribution in [0.25, 0.3) is 11.0 Å². The van der Waals surface area contributed by atoms with Crippen LogP contribution in [0.15, 0.2) is 29.1 Å². The summed E-state index contributed by atoms with van der Waals surface area (Å²) in [5.74, 6) is 0.646. The Hall–Kier alpha value is -1.29. The van der Waals surface area contributed by atoms with E-state index in [4.69, 9.17) is 0 Å². The molecule has 0 saturated heterocycles. The third kappa shape index (κ3) is 1.77. The van der Waals surface area contributed by atoms with Crippen LogP contribution in [0.1, 0.15) is 5.69 Å². The maximum atomic E-state index is 11.8. The predicted molar refractivity (Wildman–Crippen MR) is 64.6 cm³/mol. The first-order chi connectivity index (χ1) is 7.24. The van der Waals surface area contributed by atoms with Crippen LogP contribution in [0.3, 0.4) is 0 Å². The summed E-state index contributed by atoms with van der Waals surface area (Å²) in [6, 6.07) is 7.65. The Labute approximate surface area is 93.2 Å². The Morgan fingerprint density at radius 2 is 2.13 bits per heavy atom. The minimum atomic E-state index is -0.0252. The fourth-order valence-corrected chi connectivity index (χ4v) is 1.84. The zero-order valence-corrected chi connectivity index (χ0v) is 9.37. The maximum absolute atomic E-state index is 11.8. The van der Waals surface area contributed by atoms with Gasteiger partial charge in [-0.15, -0.1) is 0 Å². The number of benzene rings is 1. The van der Waals surface area contributed by atoms with Crippen LogP contribution >= 0.6 is 12.6 Å². The first-order valence-electron chi connectivity index (χ1n) is 4.81. The van der Waals surface area contributed by atoms with Crippen LogP contribution in [0.4, 0.5) is 0 Å². The lowest BCUT2D eigenvalue weighted by Crippen LogP contribution is -2.24. The molecule has 1 heterocycles. The highest BCUT2D eigenvalue weighted by Gasteiger charge is 2.05. The molecule has 0 bridgehead atoms. The van der Waals surface area contributed by atoms with Gasteiger partial charge in [0.05, 0.1) is 11.0 Å². The SMILES string of the molecule is Cc1nc2ccccc2n(CCS)c1=O. The summed E-state index contributed by atoms with van der Waals surface area (Å²) in [6.45, 7) is 2.36. The Bertz CT molecular complexity index is 548. The van der Waals surface area contributed by atoms with Gasteiger partial charge in [0.1, 0.15) is 5.69 Å². The highest BCUT2D eigenvalue weighted by molar-refractivity contribution is 7.80. The lowest BCUT2D eigenvalue weighted by molar-refractivity contribution is 0.754. The van der Waals surface area contributed by atoms with Gasteiger partial charge in [0.2, 0.25) is 0 Å². The van der Waals surface area contributed by atoms with Crippen molar-refractivity contribution in [3.63, 3.8) is 0 Å². The van der Waals surface area contributed by atoms with E-state index >= 15 is 0 Å². The van der Waals surface area contributed by atoms with Crippen molar-refractivity contribution in [1.82, 2.24) is 9.55 Å². The molecule has 1 aromatic carbocycles. The third-order valence-corrected chi connectivity index (χ3v) is 2.54. The first kappa shape index (κ1) is 10.2. The van der Waals surface area contributed by atoms with E-state index < -0.39 is 0 Å². The molecule has 0 amide bonds. The van der Waals surface area contributed by atoms with E-state index in [0.717, 1.165) is 11.0 Å². The van der Waals surface area contributed by atoms with Crippen LogP contribution in [-0.2, 0) is 6.54 Å². The molecule has 4 heteroatoms. The fourth-order valence-electron chi connectivity index (χ4n) is 1.64. The topological polar surface area (TPSA) is 34.9 Å². The molecule has 0 aliphatic rings. The molecule has 0 N–H and O–H groups in total. The number of rotatable bonds is 2. The van der Waals surface area contributed by atoms with Gasteiger partial charge < -0.3 is 4.57 Å². The summed E-state index contributed by atoms with van der Waals surface area (Å²) >= 11 is 4.16. The second-order valence-corrected chi connectivity index (χ2v) is 3.81. The van der Waals surface area contributed by atoms with Gasteiger partial charge in [-0.25, -0.2) is 4.98 Å². The highest BCUT2D eigenvalue weighted by Crippen LogP contribution is 2.09. The van der Waals surface area contributed by atoms with E-state index in [1.165, 1.54) is 0 Å². The molecule has 2 rings (SSSR count). The minimum Gasteiger partial charge on any atom is -0.304 e. The van der Waals surface area contributed by atoms with Crippen molar-refractivity contribution >= 4 is 23.7 Å². The van der Waals surface area contributed by atoms with Crippen molar-refractivity contribution in [2.45, 2.75) is 13.5 Å². The number of nitrogens with zero attached hydrogens (tertiary/aromatic N) is 2. The number of para-hydroxylation sites is 2. The second kappa shape index (κ2) is 4.06. The third-order valence-electron chi connectivity index (χ3n) is 2.34. The van der Waals surface area contributed by atoms with E-state index in [1.54, 1.807) is 11.5 Å². The summed E-state index contributed by atoms with van der Waals surface area (Å²) in [6.07, 6.45) is 0. The van der Waals surface area contributed by atoms with Gasteiger partial charge in [-0.05, 0) is 19.1 Å². The number of aryl methyl sites for hydroxylation is 2. The van der Waals surface area contributed by atoms with Gasteiger partial charge in [-0.1, -0.05) is 12.1 Å². The molecule has 0 spiro atoms. The summed E-state index contributed by atoms with van der Waals surface area (Å²) in [5, 5.41) is 0. The van der Waals surface area contributed by atoms with Gasteiger partial charge >= 0.3 is 0 Å². The lowest BCUT2D eigenvalue weighted by atomic mass is 10.3. The molecule has 0 aliphatic heterocycles. The molecule has 2 aromatic rings. The molecule has 0 unspecified atom stereocenters. The van der Waals surface area contributed by atoms with Crippen molar-refractivity contribution < 1.29 is 0 Å². The number of fused-ring (bicyclic) bond motifs is 1. The van der Waals surface area contributed by atoms with E-state index in [2.05, 4.69) is 17.6 Å². The molecular formula is C11H12N2OS. The summed E-state index contributed by atoms with van der Waals surface area (Å²) in [7, 11) is 0. The molecule has 0 radical (unpaired) electrons. The van der Waals surface area contributed by atoms with Crippen LogP contribution in [0, 0.1) is 6.92 Å². The minimum absolute atomic E-state index is 0.0252. The van der Waals surface area contributed by atoms with Crippen molar-refractivity contribution in [2.75, 3.05) is 5.75 Å². The van der Waals surface area contributed by atoms with Gasteiger partial charge in [0.15, 0.2) is 0 Å². The van der Waals surface area contributed by atoms with Crippen LogP contribution in [-0.4, -0.2) is 15.3 Å². The van der Waals surface area contributed by atoms with Crippen molar-refractivity contribution in [3.05, 3.63) is 40.3 Å². The summed E-state index contributed by atoms with van der Waals surface area (Å²) < 4.78 is 1.73. The normalized spacial score (nSPS) is 10.8. The molecular weight excluding hydrogens is 208 g/mol. The summed E-state index contributed by atoms with van der Waals surface area (Å²) in [4.78, 5) is 16.1. The van der Waals surface area contributed by atoms with Crippen molar-refractivity contribution in [3.8, 4) is 0 Å². The molecule has 0 saturated carbocycles. The molecule has 78 valence electrons. The van der Waals surface area contributed by atoms with Gasteiger partial charge in [0, 0.05) is 12.3 Å². The van der Waals surface area contributed by atoms with E-state index in [9.17, 15) is 4.79 Å². The van der Waals surface area contributed by atoms with Crippen LogP contribution < -0.4 is 5.56 Å². The average Bonchev–Trinajstić information content (AvgIpc) is 2.25. The molecule has 0 aliphatic carbocycles. The van der Waals surface area contributed by atoms with Crippen molar-refractivity contribution in [1.29, 1.82) is 0 Å². The zero-order valence-electron chi connectivity index (χ0n) is 8.47. The summed E-state index contributed by atoms with van der Waals surface area (Å²) in [5.41, 5.74) is 2.25. The van der Waals surface area contributed by atoms with E-state index in [0.29, 0.717) is 18.0 Å². The van der Waals surface area contributed by atoms with Gasteiger partial charge in [0.25, 0.3) is 5.56 Å². The quantitative estimate of drug-likeness (QED) is 0.781. The number of thiol groups is 1. The maximum Gasteiger partial charge on any atom is 0.272 e. The number of aromatic nitrogens is 2. The molecule has 15 heavy (non-hydrogen) atoms. The molecule has 0 atom stereocenters. The molecule has 1 aromatic heterocycles. The standard InChI is InChI=1S/C11H12N2OS/c1-8-11(14)13(6-7-15)10-5-3-2-4-9(10)12-8/h2-5,15H,6-7H2,1H3. The zero-order chi connectivity index (χ0) is 10.8. The van der Waals surface area contributed by atoms with E-state index in [1.807, 2.05) is 24.3 Å². The Morgan fingerprint density at radius 1 is 1.40 bits per heavy atom. The monoisotopic (exact) mass is 220 g/mol. The highest BCUT2D eigenvalue weighted by atomic mass is 32.1. The first-order valence-corrected chi connectivity index (χ1v) is 5.44. The van der Waals surface area contributed by atoms with Crippen LogP contribution in [0.5, 0.6) is 0 Å². The lowest BCUT2D eigenvalue weighted by Gasteiger charge is -2.08. The largest absolute Gasteiger partial charge is 0.304 e. The number of hydrogen-bond acceptors (Lipinski definition) is 3. The predicted octanol–water partition coefficient (Wildman–Crippen LogP) is 1.63. The average molecular weight is 220 g/mol. The Balaban J connectivity index is 2.83. The van der Waals surface area contributed by atoms with E-state index in [-0.39, 0.29) is 5.56 Å². The smallest absolute Gasteiger partial charge is 0.272 e.